The summed E-state index contributed by atoms with van der Waals surface area (Å²) in [5, 5.41) is 0. The van der Waals surface area contributed by atoms with Crippen LogP contribution in [0.2, 0.25) is 0 Å². The lowest BCUT2D eigenvalue weighted by Crippen LogP contribution is -2.65. The van der Waals surface area contributed by atoms with Crippen LogP contribution in [0.25, 0.3) is 0 Å². The molecule has 0 N–H and O–H groups in total. The predicted octanol–water partition coefficient (Wildman–Crippen LogP) is 2.71. The number of ether oxygens (including phenoxy) is 2. The highest BCUT2D eigenvalue weighted by molar-refractivity contribution is 9.10. The second kappa shape index (κ2) is 6.46. The van der Waals surface area contributed by atoms with E-state index in [4.69, 9.17) is 9.47 Å². The quantitative estimate of drug-likeness (QED) is 0.603. The molecule has 21 heavy (non-hydrogen) atoms. The molecule has 1 amide bonds. The van der Waals surface area contributed by atoms with Crippen LogP contribution in [0.3, 0.4) is 0 Å². The van der Waals surface area contributed by atoms with Crippen LogP contribution in [0.4, 0.5) is 0 Å². The lowest BCUT2D eigenvalue weighted by atomic mass is 9.98. The number of benzene rings is 1. The van der Waals surface area contributed by atoms with Gasteiger partial charge in [0.05, 0.1) is 6.61 Å². The van der Waals surface area contributed by atoms with E-state index < -0.39 is 4.32 Å². The summed E-state index contributed by atoms with van der Waals surface area (Å²) >= 11 is 3.54. The summed E-state index contributed by atoms with van der Waals surface area (Å²) < 4.78 is 10.7. The van der Waals surface area contributed by atoms with Gasteiger partial charge >= 0.3 is 0 Å². The fourth-order valence-electron chi connectivity index (χ4n) is 2.74. The predicted molar refractivity (Wildman–Crippen MR) is 83.1 cm³/mol. The van der Waals surface area contributed by atoms with Crippen molar-refractivity contribution in [3.8, 4) is 0 Å². The Morgan fingerprint density at radius 1 is 1.33 bits per heavy atom. The summed E-state index contributed by atoms with van der Waals surface area (Å²) in [6.45, 7) is 2.47. The molecule has 2 fully saturated rings. The van der Waals surface area contributed by atoms with E-state index in [1.54, 1.807) is 0 Å². The van der Waals surface area contributed by atoms with Crippen molar-refractivity contribution < 1.29 is 14.3 Å². The molecule has 2 aliphatic heterocycles. The number of halogens is 1. The molecule has 1 aromatic rings. The minimum atomic E-state index is -0.567. The second-order valence-electron chi connectivity index (χ2n) is 5.72. The van der Waals surface area contributed by atoms with E-state index in [2.05, 4.69) is 15.9 Å². The Bertz CT molecular complexity index is 490. The minimum absolute atomic E-state index is 0.0992. The van der Waals surface area contributed by atoms with E-state index in [-0.39, 0.29) is 12.2 Å². The van der Waals surface area contributed by atoms with Crippen molar-refractivity contribution in [2.24, 2.45) is 0 Å². The van der Waals surface area contributed by atoms with E-state index in [0.717, 1.165) is 31.4 Å². The third-order valence-electron chi connectivity index (χ3n) is 3.96. The Kier molecular flexibility index (Phi) is 4.62. The molecule has 0 aliphatic carbocycles. The number of alkyl halides is 1. The zero-order valence-corrected chi connectivity index (χ0v) is 13.5. The first-order valence-corrected chi connectivity index (χ1v) is 8.22. The molecule has 3 rings (SSSR count). The smallest absolute Gasteiger partial charge is 0.244 e. The third kappa shape index (κ3) is 3.47. The molecule has 0 bridgehead atoms. The molecule has 2 aliphatic rings. The lowest BCUT2D eigenvalue weighted by Gasteiger charge is -2.45. The molecule has 0 spiro atoms. The maximum absolute atomic E-state index is 12.3. The molecule has 2 heterocycles. The monoisotopic (exact) mass is 353 g/mol. The van der Waals surface area contributed by atoms with Crippen LogP contribution < -0.4 is 0 Å². The lowest BCUT2D eigenvalue weighted by molar-refractivity contribution is -0.178. The van der Waals surface area contributed by atoms with Crippen molar-refractivity contribution >= 4 is 21.8 Å². The summed E-state index contributed by atoms with van der Waals surface area (Å²) in [5.74, 6) is 0.0992. The van der Waals surface area contributed by atoms with Gasteiger partial charge in [-0.2, -0.15) is 0 Å². The summed E-state index contributed by atoms with van der Waals surface area (Å²) in [7, 11) is 0. The van der Waals surface area contributed by atoms with Gasteiger partial charge in [-0.05, 0) is 24.8 Å². The minimum Gasteiger partial charge on any atom is -0.353 e. The molecular weight excluding hydrogens is 334 g/mol. The van der Waals surface area contributed by atoms with Crippen LogP contribution in [0.5, 0.6) is 0 Å². The first-order valence-electron chi connectivity index (χ1n) is 7.43. The molecule has 0 aromatic heterocycles. The highest BCUT2D eigenvalue weighted by Gasteiger charge is 2.50. The Morgan fingerprint density at radius 2 is 2.14 bits per heavy atom. The van der Waals surface area contributed by atoms with Gasteiger partial charge in [-0.3, -0.25) is 4.79 Å². The van der Waals surface area contributed by atoms with E-state index in [1.165, 1.54) is 0 Å². The van der Waals surface area contributed by atoms with Gasteiger partial charge in [-0.25, -0.2) is 0 Å². The largest absolute Gasteiger partial charge is 0.353 e. The molecule has 5 heteroatoms. The van der Waals surface area contributed by atoms with E-state index >= 15 is 0 Å². The molecule has 2 atom stereocenters. The van der Waals surface area contributed by atoms with Crippen LogP contribution >= 0.6 is 15.9 Å². The van der Waals surface area contributed by atoms with Gasteiger partial charge in [0, 0.05) is 19.7 Å². The topological polar surface area (TPSA) is 38.8 Å². The molecule has 0 radical (unpaired) electrons. The molecule has 2 saturated heterocycles. The van der Waals surface area contributed by atoms with E-state index in [1.807, 2.05) is 35.2 Å². The number of hydrogen-bond donors (Lipinski definition) is 0. The maximum atomic E-state index is 12.3. The van der Waals surface area contributed by atoms with Crippen molar-refractivity contribution in [2.45, 2.75) is 36.4 Å². The molecule has 4 nitrogen and oxygen atoms in total. The fourth-order valence-corrected chi connectivity index (χ4v) is 3.43. The standard InChI is InChI=1S/C16H20BrNO3/c17-16(12-21-14-8-4-5-9-20-14)11-18(15(16)19)10-13-6-2-1-3-7-13/h1-3,6-7,14H,4-5,8-12H2. The first-order chi connectivity index (χ1) is 10.2. The van der Waals surface area contributed by atoms with Crippen molar-refractivity contribution in [3.63, 3.8) is 0 Å². The van der Waals surface area contributed by atoms with Crippen molar-refractivity contribution in [2.75, 3.05) is 19.8 Å². The summed E-state index contributed by atoms with van der Waals surface area (Å²) in [6, 6.07) is 10.0. The summed E-state index contributed by atoms with van der Waals surface area (Å²) in [6.07, 6.45) is 3.01. The molecular formula is C16H20BrNO3. The Hall–Kier alpha value is -0.910. The average molecular weight is 354 g/mol. The number of carbonyl (C=O) groups excluding carboxylic acids is 1. The molecule has 1 aromatic carbocycles. The number of nitrogens with zero attached hydrogens (tertiary/aromatic N) is 1. The van der Waals surface area contributed by atoms with Crippen LogP contribution in [-0.4, -0.2) is 41.2 Å². The van der Waals surface area contributed by atoms with Gasteiger partial charge in [-0.15, -0.1) is 0 Å². The fraction of sp³-hybridized carbons (Fsp3) is 0.562. The Balaban J connectivity index is 1.48. The number of rotatable bonds is 5. The Morgan fingerprint density at radius 3 is 2.81 bits per heavy atom. The van der Waals surface area contributed by atoms with Crippen LogP contribution in [0.1, 0.15) is 24.8 Å². The zero-order chi connectivity index (χ0) is 14.7. The maximum Gasteiger partial charge on any atom is 0.244 e. The molecule has 114 valence electrons. The van der Waals surface area contributed by atoms with Gasteiger partial charge in [0.1, 0.15) is 4.32 Å². The summed E-state index contributed by atoms with van der Waals surface area (Å²) in [5.41, 5.74) is 1.15. The average Bonchev–Trinajstić information content (AvgIpc) is 2.54. The van der Waals surface area contributed by atoms with Gasteiger partial charge in [0.25, 0.3) is 0 Å². The van der Waals surface area contributed by atoms with Crippen molar-refractivity contribution in [3.05, 3.63) is 35.9 Å². The van der Waals surface area contributed by atoms with E-state index in [0.29, 0.717) is 19.7 Å². The zero-order valence-electron chi connectivity index (χ0n) is 12.0. The number of likely N-dealkylation sites (tertiary alicyclic amines) is 1. The van der Waals surface area contributed by atoms with Crippen LogP contribution in [-0.2, 0) is 20.8 Å². The van der Waals surface area contributed by atoms with Crippen LogP contribution in [0, 0.1) is 0 Å². The van der Waals surface area contributed by atoms with Gasteiger partial charge in [0.2, 0.25) is 5.91 Å². The SMILES string of the molecule is O=C1N(Cc2ccccc2)CC1(Br)COC1CCCCO1. The normalized spacial score (nSPS) is 29.3. The third-order valence-corrected chi connectivity index (χ3v) is 4.78. The van der Waals surface area contributed by atoms with Crippen LogP contribution in [0.15, 0.2) is 30.3 Å². The summed E-state index contributed by atoms with van der Waals surface area (Å²) in [4.78, 5) is 14.2. The van der Waals surface area contributed by atoms with E-state index in [9.17, 15) is 4.79 Å². The Labute approximate surface area is 133 Å². The van der Waals surface area contributed by atoms with Gasteiger partial charge in [-0.1, -0.05) is 46.3 Å². The second-order valence-corrected chi connectivity index (χ2v) is 7.24. The molecule has 2 unspecified atom stereocenters. The van der Waals surface area contributed by atoms with Gasteiger partial charge in [0.15, 0.2) is 6.29 Å². The van der Waals surface area contributed by atoms with Crippen molar-refractivity contribution in [1.29, 1.82) is 0 Å². The molecule has 0 saturated carbocycles. The van der Waals surface area contributed by atoms with Gasteiger partial charge < -0.3 is 14.4 Å². The number of amides is 1. The highest BCUT2D eigenvalue weighted by atomic mass is 79.9. The number of β-lactam (4-membered cyclic amide) rings is 1. The number of carbonyl (C=O) groups is 1. The highest BCUT2D eigenvalue weighted by Crippen LogP contribution is 2.34. The van der Waals surface area contributed by atoms with Crippen molar-refractivity contribution in [1.82, 2.24) is 4.90 Å². The number of hydrogen-bond acceptors (Lipinski definition) is 3. The first kappa shape index (κ1) is 15.0.